The van der Waals surface area contributed by atoms with E-state index in [1.54, 1.807) is 0 Å². The fourth-order valence-electron chi connectivity index (χ4n) is 2.56. The molecular weight excluding hydrogens is 264 g/mol. The van der Waals surface area contributed by atoms with Gasteiger partial charge in [0.2, 0.25) is 0 Å². The normalized spacial score (nSPS) is 11.7. The number of fused-ring (bicyclic) bond motifs is 1. The zero-order chi connectivity index (χ0) is 15.2. The molecule has 0 unspecified atom stereocenters. The lowest BCUT2D eigenvalue weighted by atomic mass is 10.1. The Morgan fingerprint density at radius 3 is 2.86 bits per heavy atom. The molecule has 0 spiro atoms. The maximum absolute atomic E-state index is 9.05. The largest absolute Gasteiger partial charge is 0.395 e. The second kappa shape index (κ2) is 7.54. The molecule has 0 saturated heterocycles. The molecule has 1 heterocycles. The van der Waals surface area contributed by atoms with E-state index in [4.69, 9.17) is 15.8 Å². The second-order valence-corrected chi connectivity index (χ2v) is 5.46. The number of nitrogens with two attached hydrogens (primary N) is 1. The van der Waals surface area contributed by atoms with Crippen molar-refractivity contribution in [1.29, 1.82) is 0 Å². The van der Waals surface area contributed by atoms with Crippen LogP contribution in [-0.4, -0.2) is 46.3 Å². The highest BCUT2D eigenvalue weighted by molar-refractivity contribution is 5.77. The number of nitrogens with zero attached hydrogens (tertiary/aromatic N) is 3. The Morgan fingerprint density at radius 2 is 2.19 bits per heavy atom. The molecule has 0 bridgehead atoms. The van der Waals surface area contributed by atoms with Gasteiger partial charge in [-0.1, -0.05) is 13.0 Å². The number of aliphatic hydroxyl groups excluding tert-OH is 1. The quantitative estimate of drug-likeness (QED) is 0.770. The average molecular weight is 290 g/mol. The first kappa shape index (κ1) is 15.9. The lowest BCUT2D eigenvalue weighted by Gasteiger charge is -2.16. The summed E-state index contributed by atoms with van der Waals surface area (Å²) in [4.78, 5) is 6.88. The van der Waals surface area contributed by atoms with Crippen LogP contribution in [0.1, 0.15) is 24.7 Å². The number of likely N-dealkylation sites (N-methyl/N-ethyl adjacent to an activating group) is 1. The van der Waals surface area contributed by atoms with E-state index in [0.717, 1.165) is 37.3 Å². The van der Waals surface area contributed by atoms with Crippen LogP contribution in [0.25, 0.3) is 11.0 Å². The highest BCUT2D eigenvalue weighted by Crippen LogP contribution is 2.20. The van der Waals surface area contributed by atoms with E-state index in [1.807, 2.05) is 7.05 Å². The van der Waals surface area contributed by atoms with Crippen molar-refractivity contribution in [2.24, 2.45) is 5.73 Å². The number of imidazole rings is 1. The van der Waals surface area contributed by atoms with E-state index in [2.05, 4.69) is 34.6 Å². The molecule has 0 aliphatic heterocycles. The molecule has 21 heavy (non-hydrogen) atoms. The second-order valence-electron chi connectivity index (χ2n) is 5.46. The number of aromatic nitrogens is 2. The number of aliphatic hydroxyl groups is 1. The summed E-state index contributed by atoms with van der Waals surface area (Å²) in [6, 6.07) is 6.50. The van der Waals surface area contributed by atoms with Gasteiger partial charge in [-0.05, 0) is 44.1 Å². The van der Waals surface area contributed by atoms with E-state index in [0.29, 0.717) is 13.1 Å². The molecule has 3 N–H and O–H groups in total. The fourth-order valence-corrected chi connectivity index (χ4v) is 2.56. The van der Waals surface area contributed by atoms with Gasteiger partial charge in [0.25, 0.3) is 0 Å². The first-order valence-electron chi connectivity index (χ1n) is 7.67. The van der Waals surface area contributed by atoms with Crippen LogP contribution < -0.4 is 5.73 Å². The summed E-state index contributed by atoms with van der Waals surface area (Å²) in [5.41, 5.74) is 9.19. The lowest BCUT2D eigenvalue weighted by molar-refractivity contribution is 0.213. The molecule has 1 aromatic heterocycles. The third kappa shape index (κ3) is 3.81. The highest BCUT2D eigenvalue weighted by Gasteiger charge is 2.12. The van der Waals surface area contributed by atoms with Crippen LogP contribution in [0.3, 0.4) is 0 Å². The van der Waals surface area contributed by atoms with E-state index in [9.17, 15) is 0 Å². The predicted molar refractivity (Wildman–Crippen MR) is 86.2 cm³/mol. The van der Waals surface area contributed by atoms with Crippen molar-refractivity contribution in [3.05, 3.63) is 29.6 Å². The van der Waals surface area contributed by atoms with Crippen LogP contribution in [0, 0.1) is 0 Å². The third-order valence-electron chi connectivity index (χ3n) is 3.78. The monoisotopic (exact) mass is 290 g/mol. The zero-order valence-electron chi connectivity index (χ0n) is 13.0. The van der Waals surface area contributed by atoms with Crippen molar-refractivity contribution in [3.8, 4) is 0 Å². The summed E-state index contributed by atoms with van der Waals surface area (Å²) in [7, 11) is 2.00. The van der Waals surface area contributed by atoms with Gasteiger partial charge in [-0.2, -0.15) is 0 Å². The van der Waals surface area contributed by atoms with Crippen molar-refractivity contribution >= 4 is 11.0 Å². The van der Waals surface area contributed by atoms with Crippen molar-refractivity contribution in [2.45, 2.75) is 32.9 Å². The predicted octanol–water partition coefficient (Wildman–Crippen LogP) is 1.37. The number of benzene rings is 1. The van der Waals surface area contributed by atoms with Gasteiger partial charge in [0.1, 0.15) is 5.82 Å². The molecule has 0 atom stereocenters. The van der Waals surface area contributed by atoms with Gasteiger partial charge >= 0.3 is 0 Å². The molecule has 1 aromatic carbocycles. The standard InChI is InChI=1S/C16H26N4O/c1-3-13-5-6-15-14(11-13)18-16(12-19(2)9-10-21)20(15)8-4-7-17/h5-6,11,21H,3-4,7-10,12,17H2,1-2H3. The van der Waals surface area contributed by atoms with Crippen molar-refractivity contribution < 1.29 is 5.11 Å². The molecule has 0 aliphatic rings. The van der Waals surface area contributed by atoms with Crippen molar-refractivity contribution in [2.75, 3.05) is 26.7 Å². The molecule has 116 valence electrons. The maximum atomic E-state index is 9.05. The van der Waals surface area contributed by atoms with Gasteiger partial charge in [-0.15, -0.1) is 0 Å². The van der Waals surface area contributed by atoms with Crippen molar-refractivity contribution in [1.82, 2.24) is 14.5 Å². The molecule has 2 aromatic rings. The minimum atomic E-state index is 0.166. The third-order valence-corrected chi connectivity index (χ3v) is 3.78. The summed E-state index contributed by atoms with van der Waals surface area (Å²) in [5, 5.41) is 9.05. The first-order valence-corrected chi connectivity index (χ1v) is 7.67. The van der Waals surface area contributed by atoms with Gasteiger partial charge in [0.05, 0.1) is 24.2 Å². The van der Waals surface area contributed by atoms with Gasteiger partial charge in [0, 0.05) is 13.1 Å². The maximum Gasteiger partial charge on any atom is 0.124 e. The molecule has 0 aliphatic carbocycles. The van der Waals surface area contributed by atoms with Gasteiger partial charge < -0.3 is 15.4 Å². The summed E-state index contributed by atoms with van der Waals surface area (Å²) in [6.45, 7) is 5.28. The number of hydrogen-bond donors (Lipinski definition) is 2. The Labute approximate surface area is 126 Å². The number of hydrogen-bond acceptors (Lipinski definition) is 4. The molecule has 0 amide bonds. The first-order chi connectivity index (χ1) is 10.2. The lowest BCUT2D eigenvalue weighted by Crippen LogP contribution is -2.24. The Balaban J connectivity index is 2.36. The van der Waals surface area contributed by atoms with Gasteiger partial charge in [0.15, 0.2) is 0 Å². The van der Waals surface area contributed by atoms with Crippen LogP contribution >= 0.6 is 0 Å². The minimum Gasteiger partial charge on any atom is -0.395 e. The Kier molecular flexibility index (Phi) is 5.73. The Morgan fingerprint density at radius 1 is 1.38 bits per heavy atom. The van der Waals surface area contributed by atoms with Gasteiger partial charge in [-0.25, -0.2) is 4.98 Å². The van der Waals surface area contributed by atoms with Crippen LogP contribution in [0.5, 0.6) is 0 Å². The van der Waals surface area contributed by atoms with Gasteiger partial charge in [-0.3, -0.25) is 4.90 Å². The summed E-state index contributed by atoms with van der Waals surface area (Å²) >= 11 is 0. The van der Waals surface area contributed by atoms with E-state index >= 15 is 0 Å². The van der Waals surface area contributed by atoms with Crippen LogP contribution in [0.4, 0.5) is 0 Å². The minimum absolute atomic E-state index is 0.166. The van der Waals surface area contributed by atoms with Crippen molar-refractivity contribution in [3.63, 3.8) is 0 Å². The zero-order valence-corrected chi connectivity index (χ0v) is 13.0. The molecule has 5 heteroatoms. The summed E-state index contributed by atoms with van der Waals surface area (Å²) in [6.07, 6.45) is 1.96. The van der Waals surface area contributed by atoms with E-state index in [1.165, 1.54) is 11.1 Å². The molecule has 0 saturated carbocycles. The Bertz CT molecular complexity index is 579. The topological polar surface area (TPSA) is 67.3 Å². The highest BCUT2D eigenvalue weighted by atomic mass is 16.3. The van der Waals surface area contributed by atoms with Crippen LogP contribution in [0.2, 0.25) is 0 Å². The SMILES string of the molecule is CCc1ccc2c(c1)nc(CN(C)CCO)n2CCCN. The van der Waals surface area contributed by atoms with Crippen LogP contribution in [-0.2, 0) is 19.5 Å². The number of rotatable bonds is 8. The van der Waals surface area contributed by atoms with Crippen LogP contribution in [0.15, 0.2) is 18.2 Å². The van der Waals surface area contributed by atoms with E-state index < -0.39 is 0 Å². The summed E-state index contributed by atoms with van der Waals surface area (Å²) < 4.78 is 2.26. The Hall–Kier alpha value is -1.43. The molecule has 0 radical (unpaired) electrons. The summed E-state index contributed by atoms with van der Waals surface area (Å²) in [5.74, 6) is 1.04. The molecule has 5 nitrogen and oxygen atoms in total. The molecule has 2 rings (SSSR count). The number of aryl methyl sites for hydroxylation is 2. The fraction of sp³-hybridized carbons (Fsp3) is 0.562. The molecular formula is C16H26N4O. The molecule has 0 fully saturated rings. The average Bonchev–Trinajstić information content (AvgIpc) is 2.81. The smallest absolute Gasteiger partial charge is 0.124 e. The van der Waals surface area contributed by atoms with E-state index in [-0.39, 0.29) is 6.61 Å².